The van der Waals surface area contributed by atoms with Crippen LogP contribution in [0.1, 0.15) is 38.8 Å². The van der Waals surface area contributed by atoms with E-state index in [0.29, 0.717) is 25.4 Å². The highest BCUT2D eigenvalue weighted by Gasteiger charge is 2.23. The second-order valence-corrected chi connectivity index (χ2v) is 6.77. The monoisotopic (exact) mass is 388 g/mol. The first kappa shape index (κ1) is 24.0. The van der Waals surface area contributed by atoms with Crippen LogP contribution in [0.15, 0.2) is 48.5 Å². The van der Waals surface area contributed by atoms with Crippen LogP contribution in [0.25, 0.3) is 0 Å². The van der Waals surface area contributed by atoms with Crippen LogP contribution in [0.2, 0.25) is 0 Å². The summed E-state index contributed by atoms with van der Waals surface area (Å²) in [5.74, 6) is 1.93. The highest BCUT2D eigenvalue weighted by molar-refractivity contribution is 5.32. The number of benzene rings is 2. The molecule has 2 saturated heterocycles. The van der Waals surface area contributed by atoms with E-state index in [1.807, 2.05) is 62.4 Å². The Morgan fingerprint density at radius 3 is 1.36 bits per heavy atom. The molecular weight excluding hydrogens is 352 g/mol. The second kappa shape index (κ2) is 13.2. The maximum Gasteiger partial charge on any atom is 0.122 e. The van der Waals surface area contributed by atoms with Crippen molar-refractivity contribution in [1.82, 2.24) is 0 Å². The lowest BCUT2D eigenvalue weighted by atomic mass is 10.2. The van der Waals surface area contributed by atoms with Crippen molar-refractivity contribution in [3.63, 3.8) is 0 Å². The fourth-order valence-corrected chi connectivity index (χ4v) is 2.13. The SMILES string of the molecule is C.CCC.Cc1ccccc1OCC1CO1.Cc1ccccc1OCC1CO1. The minimum Gasteiger partial charge on any atom is -0.491 e. The maximum absolute atomic E-state index is 5.54. The average Bonchev–Trinajstić information content (AvgIpc) is 3.56. The molecule has 2 atom stereocenters. The Morgan fingerprint density at radius 1 is 0.750 bits per heavy atom. The Bertz CT molecular complexity index is 606. The smallest absolute Gasteiger partial charge is 0.122 e. The van der Waals surface area contributed by atoms with Crippen molar-refractivity contribution in [2.45, 2.75) is 53.8 Å². The zero-order valence-electron chi connectivity index (χ0n) is 16.9. The number of hydrogen-bond donors (Lipinski definition) is 0. The summed E-state index contributed by atoms with van der Waals surface area (Å²) in [5.41, 5.74) is 2.36. The fraction of sp³-hybridized carbons (Fsp3) is 0.500. The van der Waals surface area contributed by atoms with Crippen molar-refractivity contribution in [2.24, 2.45) is 0 Å². The number of aryl methyl sites for hydroxylation is 2. The van der Waals surface area contributed by atoms with Gasteiger partial charge in [0.05, 0.1) is 13.2 Å². The predicted octanol–water partition coefficient (Wildman–Crippen LogP) is 5.60. The maximum atomic E-state index is 5.54. The Morgan fingerprint density at radius 2 is 1.07 bits per heavy atom. The van der Waals surface area contributed by atoms with Gasteiger partial charge >= 0.3 is 0 Å². The van der Waals surface area contributed by atoms with Crippen molar-refractivity contribution in [1.29, 1.82) is 0 Å². The molecule has 0 spiro atoms. The van der Waals surface area contributed by atoms with Crippen LogP contribution in [0.3, 0.4) is 0 Å². The van der Waals surface area contributed by atoms with Crippen molar-refractivity contribution in [2.75, 3.05) is 26.4 Å². The molecule has 0 aromatic heterocycles. The van der Waals surface area contributed by atoms with Gasteiger partial charge < -0.3 is 18.9 Å². The minimum absolute atomic E-state index is 0. The molecule has 156 valence electrons. The first-order valence-corrected chi connectivity index (χ1v) is 9.74. The molecule has 2 aliphatic rings. The summed E-state index contributed by atoms with van der Waals surface area (Å²) in [6, 6.07) is 16.0. The van der Waals surface area contributed by atoms with Crippen LogP contribution in [0, 0.1) is 13.8 Å². The lowest BCUT2D eigenvalue weighted by molar-refractivity contribution is 0.262. The molecule has 0 radical (unpaired) electrons. The van der Waals surface area contributed by atoms with E-state index in [9.17, 15) is 0 Å². The number of para-hydroxylation sites is 2. The van der Waals surface area contributed by atoms with Crippen LogP contribution in [0.5, 0.6) is 11.5 Å². The first-order valence-electron chi connectivity index (χ1n) is 9.74. The van der Waals surface area contributed by atoms with Crippen molar-refractivity contribution in [3.8, 4) is 11.5 Å². The Balaban J connectivity index is 0.000000239. The van der Waals surface area contributed by atoms with E-state index in [-0.39, 0.29) is 7.43 Å². The lowest BCUT2D eigenvalue weighted by Gasteiger charge is -2.06. The summed E-state index contributed by atoms with van der Waals surface area (Å²) in [7, 11) is 0. The molecule has 0 amide bonds. The van der Waals surface area contributed by atoms with Gasteiger partial charge in [0.2, 0.25) is 0 Å². The first-order chi connectivity index (χ1) is 13.1. The Kier molecular flexibility index (Phi) is 11.3. The number of ether oxygens (including phenoxy) is 4. The van der Waals surface area contributed by atoms with Gasteiger partial charge in [-0.2, -0.15) is 0 Å². The van der Waals surface area contributed by atoms with E-state index in [1.54, 1.807) is 0 Å². The van der Waals surface area contributed by atoms with Crippen LogP contribution in [0.4, 0.5) is 0 Å². The van der Waals surface area contributed by atoms with E-state index in [0.717, 1.165) is 24.7 Å². The van der Waals surface area contributed by atoms with Gasteiger partial charge in [0.25, 0.3) is 0 Å². The molecule has 2 aromatic carbocycles. The molecule has 0 bridgehead atoms. The Labute approximate surface area is 170 Å². The molecule has 4 heteroatoms. The highest BCUT2D eigenvalue weighted by Crippen LogP contribution is 2.19. The predicted molar refractivity (Wildman–Crippen MR) is 116 cm³/mol. The zero-order valence-corrected chi connectivity index (χ0v) is 16.9. The minimum atomic E-state index is 0. The molecule has 0 aliphatic carbocycles. The van der Waals surface area contributed by atoms with Gasteiger partial charge in [0.1, 0.15) is 36.9 Å². The molecule has 28 heavy (non-hydrogen) atoms. The second-order valence-electron chi connectivity index (χ2n) is 6.77. The van der Waals surface area contributed by atoms with Crippen LogP contribution >= 0.6 is 0 Å². The van der Waals surface area contributed by atoms with Gasteiger partial charge in [0.15, 0.2) is 0 Å². The summed E-state index contributed by atoms with van der Waals surface area (Å²) in [4.78, 5) is 0. The summed E-state index contributed by atoms with van der Waals surface area (Å²) >= 11 is 0. The molecular formula is C24H36O4. The van der Waals surface area contributed by atoms with E-state index >= 15 is 0 Å². The van der Waals surface area contributed by atoms with Gasteiger partial charge in [0, 0.05) is 0 Å². The van der Waals surface area contributed by atoms with Crippen molar-refractivity contribution in [3.05, 3.63) is 59.7 Å². The molecule has 2 aliphatic heterocycles. The molecule has 2 heterocycles. The van der Waals surface area contributed by atoms with Crippen molar-refractivity contribution >= 4 is 0 Å². The van der Waals surface area contributed by atoms with Crippen LogP contribution in [-0.4, -0.2) is 38.6 Å². The topological polar surface area (TPSA) is 43.5 Å². The van der Waals surface area contributed by atoms with Gasteiger partial charge in [-0.1, -0.05) is 64.1 Å². The van der Waals surface area contributed by atoms with Gasteiger partial charge in [-0.3, -0.25) is 0 Å². The van der Waals surface area contributed by atoms with Gasteiger partial charge in [-0.15, -0.1) is 0 Å². The molecule has 2 aromatic rings. The highest BCUT2D eigenvalue weighted by atomic mass is 16.6. The third-order valence-corrected chi connectivity index (χ3v) is 3.84. The summed E-state index contributed by atoms with van der Waals surface area (Å²) < 4.78 is 21.2. The number of epoxide rings is 2. The number of hydrogen-bond acceptors (Lipinski definition) is 4. The Hall–Kier alpha value is -2.04. The van der Waals surface area contributed by atoms with E-state index in [1.165, 1.54) is 17.5 Å². The summed E-state index contributed by atoms with van der Waals surface area (Å²) in [6.45, 7) is 11.4. The van der Waals surface area contributed by atoms with E-state index < -0.39 is 0 Å². The molecule has 0 saturated carbocycles. The summed E-state index contributed by atoms with van der Waals surface area (Å²) in [6.07, 6.45) is 1.93. The number of rotatable bonds is 6. The third-order valence-electron chi connectivity index (χ3n) is 3.84. The van der Waals surface area contributed by atoms with Crippen LogP contribution < -0.4 is 9.47 Å². The van der Waals surface area contributed by atoms with Crippen LogP contribution in [-0.2, 0) is 9.47 Å². The largest absolute Gasteiger partial charge is 0.491 e. The van der Waals surface area contributed by atoms with Gasteiger partial charge in [-0.05, 0) is 37.1 Å². The quantitative estimate of drug-likeness (QED) is 0.604. The lowest BCUT2D eigenvalue weighted by Crippen LogP contribution is -2.04. The fourth-order valence-electron chi connectivity index (χ4n) is 2.13. The molecule has 2 unspecified atom stereocenters. The third kappa shape index (κ3) is 9.77. The molecule has 0 N–H and O–H groups in total. The van der Waals surface area contributed by atoms with Gasteiger partial charge in [-0.25, -0.2) is 0 Å². The molecule has 4 rings (SSSR count). The van der Waals surface area contributed by atoms with E-state index in [2.05, 4.69) is 13.8 Å². The average molecular weight is 389 g/mol. The van der Waals surface area contributed by atoms with E-state index in [4.69, 9.17) is 18.9 Å². The summed E-state index contributed by atoms with van der Waals surface area (Å²) in [5, 5.41) is 0. The zero-order chi connectivity index (χ0) is 19.5. The molecule has 4 nitrogen and oxygen atoms in total. The standard InChI is InChI=1S/2C10H12O2.C3H8.CH4/c2*1-8-4-2-3-5-10(8)12-7-9-6-11-9;1-3-2;/h2*2-5,9H,6-7H2,1H3;3H2,1-2H3;1H4. The molecule has 2 fully saturated rings. The normalized spacial score (nSPS) is 18.3. The van der Waals surface area contributed by atoms with Crippen molar-refractivity contribution < 1.29 is 18.9 Å².